The Kier molecular flexibility index (Phi) is 5.89. The van der Waals surface area contributed by atoms with E-state index in [1.54, 1.807) is 23.1 Å². The number of hydrogen-bond acceptors (Lipinski definition) is 4. The molecule has 3 nitrogen and oxygen atoms in total. The molecule has 1 aromatic heterocycles. The number of benzene rings is 2. The van der Waals surface area contributed by atoms with Crippen molar-refractivity contribution >= 4 is 29.0 Å². The molecule has 5 heteroatoms. The van der Waals surface area contributed by atoms with E-state index in [0.717, 1.165) is 21.9 Å². The van der Waals surface area contributed by atoms with Crippen LogP contribution < -0.4 is 5.32 Å². The van der Waals surface area contributed by atoms with Crippen molar-refractivity contribution in [2.45, 2.75) is 30.5 Å². The maximum atomic E-state index is 12.5. The zero-order valence-electron chi connectivity index (χ0n) is 14.2. The standard InChI is InChI=1S/C20H20N2OS2/c1-14-5-3-4-6-19(14)15(2)22-20(23)16-7-9-18(10-8-16)25-12-17-11-24-13-21-17/h3-11,13,15H,12H2,1-2H3,(H,22,23). The monoisotopic (exact) mass is 368 g/mol. The van der Waals surface area contributed by atoms with Gasteiger partial charge in [0.15, 0.2) is 0 Å². The minimum absolute atomic E-state index is 0.0209. The average molecular weight is 369 g/mol. The molecule has 3 rings (SSSR count). The van der Waals surface area contributed by atoms with Crippen molar-refractivity contribution in [2.75, 3.05) is 0 Å². The Morgan fingerprint density at radius 3 is 2.64 bits per heavy atom. The Labute approximate surface area is 156 Å². The molecule has 0 spiro atoms. The summed E-state index contributed by atoms with van der Waals surface area (Å²) >= 11 is 3.33. The van der Waals surface area contributed by atoms with Crippen LogP contribution in [0, 0.1) is 6.92 Å². The summed E-state index contributed by atoms with van der Waals surface area (Å²) < 4.78 is 0. The molecular weight excluding hydrogens is 348 g/mol. The van der Waals surface area contributed by atoms with Gasteiger partial charge in [-0.3, -0.25) is 4.79 Å². The van der Waals surface area contributed by atoms with Crippen LogP contribution in [0.2, 0.25) is 0 Å². The summed E-state index contributed by atoms with van der Waals surface area (Å²) in [4.78, 5) is 17.9. The molecule has 0 saturated carbocycles. The number of hydrogen-bond donors (Lipinski definition) is 1. The third-order valence-electron chi connectivity index (χ3n) is 3.99. The second-order valence-electron chi connectivity index (χ2n) is 5.84. The molecule has 0 saturated heterocycles. The van der Waals surface area contributed by atoms with Crippen molar-refractivity contribution < 1.29 is 4.79 Å². The molecule has 1 N–H and O–H groups in total. The Balaban J connectivity index is 1.59. The van der Waals surface area contributed by atoms with E-state index >= 15 is 0 Å². The lowest BCUT2D eigenvalue weighted by Crippen LogP contribution is -2.27. The smallest absolute Gasteiger partial charge is 0.251 e. The fraction of sp³-hybridized carbons (Fsp3) is 0.200. The van der Waals surface area contributed by atoms with E-state index in [4.69, 9.17) is 0 Å². The normalized spacial score (nSPS) is 11.9. The van der Waals surface area contributed by atoms with Crippen molar-refractivity contribution in [1.29, 1.82) is 0 Å². The second-order valence-corrected chi connectivity index (χ2v) is 7.61. The predicted octanol–water partition coefficient (Wildman–Crippen LogP) is 5.23. The molecular formula is C20H20N2OS2. The molecule has 25 heavy (non-hydrogen) atoms. The third kappa shape index (κ3) is 4.71. The predicted molar refractivity (Wildman–Crippen MR) is 105 cm³/mol. The summed E-state index contributed by atoms with van der Waals surface area (Å²) in [6, 6.07) is 15.8. The van der Waals surface area contributed by atoms with E-state index < -0.39 is 0 Å². The zero-order valence-corrected chi connectivity index (χ0v) is 15.9. The number of nitrogens with one attached hydrogen (secondary N) is 1. The van der Waals surface area contributed by atoms with Crippen molar-refractivity contribution in [2.24, 2.45) is 0 Å². The lowest BCUT2D eigenvalue weighted by molar-refractivity contribution is 0.0940. The Hall–Kier alpha value is -2.11. The van der Waals surface area contributed by atoms with Gasteiger partial charge in [0, 0.05) is 21.6 Å². The van der Waals surface area contributed by atoms with Crippen LogP contribution in [0.25, 0.3) is 0 Å². The van der Waals surface area contributed by atoms with Crippen molar-refractivity contribution in [3.8, 4) is 0 Å². The van der Waals surface area contributed by atoms with E-state index in [2.05, 4.69) is 34.7 Å². The number of thiazole rings is 1. The minimum Gasteiger partial charge on any atom is -0.346 e. The molecule has 3 aromatic rings. The number of carbonyl (C=O) groups excluding carboxylic acids is 1. The van der Waals surface area contributed by atoms with Crippen molar-refractivity contribution in [3.63, 3.8) is 0 Å². The largest absolute Gasteiger partial charge is 0.346 e. The van der Waals surface area contributed by atoms with Gasteiger partial charge in [0.05, 0.1) is 17.2 Å². The number of thioether (sulfide) groups is 1. The lowest BCUT2D eigenvalue weighted by atomic mass is 10.0. The van der Waals surface area contributed by atoms with Gasteiger partial charge in [0.25, 0.3) is 5.91 Å². The molecule has 1 atom stereocenters. The van der Waals surface area contributed by atoms with Gasteiger partial charge in [0.2, 0.25) is 0 Å². The van der Waals surface area contributed by atoms with Gasteiger partial charge in [-0.05, 0) is 49.2 Å². The molecule has 128 valence electrons. The molecule has 1 heterocycles. The average Bonchev–Trinajstić information content (AvgIpc) is 3.14. The van der Waals surface area contributed by atoms with Crippen molar-refractivity contribution in [1.82, 2.24) is 10.3 Å². The first-order valence-electron chi connectivity index (χ1n) is 8.10. The number of carbonyl (C=O) groups is 1. The van der Waals surface area contributed by atoms with E-state index in [1.807, 2.05) is 48.8 Å². The lowest BCUT2D eigenvalue weighted by Gasteiger charge is -2.16. The molecule has 0 bridgehead atoms. The van der Waals surface area contributed by atoms with Crippen LogP contribution in [0.15, 0.2) is 64.3 Å². The second kappa shape index (κ2) is 8.32. The Bertz CT molecular complexity index is 829. The fourth-order valence-electron chi connectivity index (χ4n) is 2.60. The minimum atomic E-state index is -0.0493. The number of amides is 1. The highest BCUT2D eigenvalue weighted by Gasteiger charge is 2.13. The van der Waals surface area contributed by atoms with E-state index in [-0.39, 0.29) is 11.9 Å². The molecule has 1 amide bonds. The first-order chi connectivity index (χ1) is 12.1. The first-order valence-corrected chi connectivity index (χ1v) is 10.0. The van der Waals surface area contributed by atoms with E-state index in [1.165, 1.54) is 5.56 Å². The summed E-state index contributed by atoms with van der Waals surface area (Å²) in [7, 11) is 0. The van der Waals surface area contributed by atoms with Crippen LogP contribution in [0.1, 0.15) is 40.1 Å². The van der Waals surface area contributed by atoms with Gasteiger partial charge < -0.3 is 5.32 Å². The SMILES string of the molecule is Cc1ccccc1C(C)NC(=O)c1ccc(SCc2cscn2)cc1. The van der Waals surface area contributed by atoms with Crippen LogP contribution >= 0.6 is 23.1 Å². The van der Waals surface area contributed by atoms with Gasteiger partial charge >= 0.3 is 0 Å². The first kappa shape index (κ1) is 17.7. The molecule has 0 aliphatic heterocycles. The van der Waals surface area contributed by atoms with E-state index in [9.17, 15) is 4.79 Å². The third-order valence-corrected chi connectivity index (χ3v) is 5.67. The summed E-state index contributed by atoms with van der Waals surface area (Å²) in [6.45, 7) is 4.07. The Morgan fingerprint density at radius 2 is 1.96 bits per heavy atom. The van der Waals surface area contributed by atoms with Gasteiger partial charge in [-0.25, -0.2) is 4.98 Å². The summed E-state index contributed by atoms with van der Waals surface area (Å²) in [5, 5.41) is 5.13. The van der Waals surface area contributed by atoms with E-state index in [0.29, 0.717) is 5.56 Å². The molecule has 1 unspecified atom stereocenters. The molecule has 0 aliphatic carbocycles. The Morgan fingerprint density at radius 1 is 1.20 bits per heavy atom. The van der Waals surface area contributed by atoms with Gasteiger partial charge in [0.1, 0.15) is 0 Å². The van der Waals surface area contributed by atoms with Crippen LogP contribution in [0.5, 0.6) is 0 Å². The van der Waals surface area contributed by atoms with Crippen LogP contribution in [-0.2, 0) is 5.75 Å². The van der Waals surface area contributed by atoms with Crippen LogP contribution in [0.3, 0.4) is 0 Å². The topological polar surface area (TPSA) is 42.0 Å². The van der Waals surface area contributed by atoms with Gasteiger partial charge in [-0.2, -0.15) is 0 Å². The van der Waals surface area contributed by atoms with Gasteiger partial charge in [-0.15, -0.1) is 23.1 Å². The fourth-order valence-corrected chi connectivity index (χ4v) is 4.06. The number of aromatic nitrogens is 1. The van der Waals surface area contributed by atoms with Crippen molar-refractivity contribution in [3.05, 3.63) is 81.8 Å². The maximum Gasteiger partial charge on any atom is 0.251 e. The number of rotatable bonds is 6. The van der Waals surface area contributed by atoms with Gasteiger partial charge in [-0.1, -0.05) is 24.3 Å². The highest BCUT2D eigenvalue weighted by molar-refractivity contribution is 7.98. The van der Waals surface area contributed by atoms with Crippen LogP contribution in [-0.4, -0.2) is 10.9 Å². The zero-order chi connectivity index (χ0) is 17.6. The molecule has 0 radical (unpaired) electrons. The number of nitrogens with zero attached hydrogens (tertiary/aromatic N) is 1. The molecule has 0 aliphatic rings. The summed E-state index contributed by atoms with van der Waals surface area (Å²) in [5.74, 6) is 0.797. The maximum absolute atomic E-state index is 12.5. The highest BCUT2D eigenvalue weighted by atomic mass is 32.2. The van der Waals surface area contributed by atoms with Crippen LogP contribution in [0.4, 0.5) is 0 Å². The highest BCUT2D eigenvalue weighted by Crippen LogP contribution is 2.23. The summed E-state index contributed by atoms with van der Waals surface area (Å²) in [5.41, 5.74) is 5.94. The number of aryl methyl sites for hydroxylation is 1. The summed E-state index contributed by atoms with van der Waals surface area (Å²) in [6.07, 6.45) is 0. The molecule has 0 fully saturated rings. The molecule has 2 aromatic carbocycles. The quantitative estimate of drug-likeness (QED) is 0.605.